The van der Waals surface area contributed by atoms with Crippen LogP contribution >= 0.6 is 0 Å². The van der Waals surface area contributed by atoms with Crippen LogP contribution in [0.5, 0.6) is 5.75 Å². The lowest BCUT2D eigenvalue weighted by Crippen LogP contribution is -2.48. The van der Waals surface area contributed by atoms with Crippen molar-refractivity contribution in [3.63, 3.8) is 0 Å². The fraction of sp³-hybridized carbons (Fsp3) is 0.600. The third-order valence-electron chi connectivity index (χ3n) is 5.86. The van der Waals surface area contributed by atoms with Gasteiger partial charge in [-0.25, -0.2) is 0 Å². The normalized spacial score (nSPS) is 20.3. The summed E-state index contributed by atoms with van der Waals surface area (Å²) in [6.45, 7) is 5.22. The van der Waals surface area contributed by atoms with E-state index in [9.17, 15) is 19.2 Å². The maximum atomic E-state index is 13.1. The molecule has 1 aliphatic heterocycles. The lowest BCUT2D eigenvalue weighted by Gasteiger charge is -2.24. The second-order valence-electron chi connectivity index (χ2n) is 9.49. The summed E-state index contributed by atoms with van der Waals surface area (Å²) in [6, 6.07) is 5.55. The standard InChI is InChI=1S/C25H39N5O5/c1-17(2)20-16-35-21-10-7-6-9-18(21)24(33)28-19(25(34)26-13-8-14-29(3)4)11-12-23(32)30(5)15-22(31)27-20/h6-7,9-10,17,19-20H,8,11-16H2,1-5H3,(H,26,34)(H,27,31)(H,28,33)/t19-,20+/m0/s1. The number of likely N-dealkylation sites (N-methyl/N-ethyl adjacent to an activating group) is 1. The van der Waals surface area contributed by atoms with Gasteiger partial charge in [0, 0.05) is 20.0 Å². The smallest absolute Gasteiger partial charge is 0.255 e. The molecule has 0 fully saturated rings. The van der Waals surface area contributed by atoms with Crippen LogP contribution in [0, 0.1) is 5.92 Å². The van der Waals surface area contributed by atoms with E-state index < -0.39 is 11.9 Å². The van der Waals surface area contributed by atoms with Gasteiger partial charge in [-0.3, -0.25) is 19.2 Å². The van der Waals surface area contributed by atoms with Gasteiger partial charge in [-0.15, -0.1) is 0 Å². The van der Waals surface area contributed by atoms with Crippen molar-refractivity contribution >= 4 is 23.6 Å². The van der Waals surface area contributed by atoms with E-state index in [0.29, 0.717) is 12.3 Å². The van der Waals surface area contributed by atoms with E-state index in [2.05, 4.69) is 16.0 Å². The molecule has 3 N–H and O–H groups in total. The van der Waals surface area contributed by atoms with Crippen molar-refractivity contribution in [2.45, 2.75) is 45.2 Å². The van der Waals surface area contributed by atoms with Crippen LogP contribution in [-0.4, -0.2) is 92.9 Å². The highest BCUT2D eigenvalue weighted by Gasteiger charge is 2.26. The minimum Gasteiger partial charge on any atom is -0.491 e. The Bertz CT molecular complexity index is 889. The summed E-state index contributed by atoms with van der Waals surface area (Å²) >= 11 is 0. The molecule has 1 aliphatic rings. The first-order valence-electron chi connectivity index (χ1n) is 12.1. The lowest BCUT2D eigenvalue weighted by molar-refractivity contribution is -0.135. The number of hydrogen-bond donors (Lipinski definition) is 3. The molecule has 1 heterocycles. The van der Waals surface area contributed by atoms with Crippen LogP contribution in [0.2, 0.25) is 0 Å². The first-order chi connectivity index (χ1) is 16.6. The highest BCUT2D eigenvalue weighted by molar-refractivity contribution is 5.99. The number of fused-ring (bicyclic) bond motifs is 1. The first-order valence-corrected chi connectivity index (χ1v) is 12.1. The summed E-state index contributed by atoms with van der Waals surface area (Å²) in [5.41, 5.74) is 0.282. The van der Waals surface area contributed by atoms with Gasteiger partial charge in [-0.1, -0.05) is 26.0 Å². The monoisotopic (exact) mass is 489 g/mol. The van der Waals surface area contributed by atoms with Gasteiger partial charge in [0.05, 0.1) is 18.2 Å². The Hall–Kier alpha value is -3.14. The van der Waals surface area contributed by atoms with Gasteiger partial charge in [0.15, 0.2) is 0 Å². The molecular formula is C25H39N5O5. The quantitative estimate of drug-likeness (QED) is 0.504. The molecule has 4 amide bonds. The number of carbonyl (C=O) groups excluding carboxylic acids is 4. The van der Waals surface area contributed by atoms with E-state index in [1.54, 1.807) is 31.3 Å². The van der Waals surface area contributed by atoms with Gasteiger partial charge in [0.1, 0.15) is 18.4 Å². The molecule has 10 heteroatoms. The van der Waals surface area contributed by atoms with E-state index in [0.717, 1.165) is 13.0 Å². The molecule has 0 unspecified atom stereocenters. The molecule has 2 rings (SSSR count). The largest absolute Gasteiger partial charge is 0.491 e. The Morgan fingerprint density at radius 2 is 1.91 bits per heavy atom. The molecule has 0 aromatic heterocycles. The molecule has 0 saturated carbocycles. The third-order valence-corrected chi connectivity index (χ3v) is 5.86. The number of carbonyl (C=O) groups is 4. The minimum atomic E-state index is -0.908. The van der Waals surface area contributed by atoms with Crippen molar-refractivity contribution in [2.24, 2.45) is 5.92 Å². The molecule has 1 aromatic carbocycles. The summed E-state index contributed by atoms with van der Waals surface area (Å²) in [5.74, 6) is -0.971. The number of rotatable bonds is 6. The van der Waals surface area contributed by atoms with Crippen molar-refractivity contribution in [3.8, 4) is 5.75 Å². The molecule has 0 spiro atoms. The fourth-order valence-corrected chi connectivity index (χ4v) is 3.61. The Balaban J connectivity index is 2.26. The van der Waals surface area contributed by atoms with Gasteiger partial charge in [-0.05, 0) is 51.5 Å². The second kappa shape index (κ2) is 13.7. The van der Waals surface area contributed by atoms with Crippen molar-refractivity contribution in [1.82, 2.24) is 25.8 Å². The maximum Gasteiger partial charge on any atom is 0.255 e. The topological polar surface area (TPSA) is 120 Å². The highest BCUT2D eigenvalue weighted by atomic mass is 16.5. The number of nitrogens with zero attached hydrogens (tertiary/aromatic N) is 2. The number of hydrogen-bond acceptors (Lipinski definition) is 6. The SMILES string of the molecule is CC(C)[C@H]1COc2ccccc2C(=O)N[C@H](C(=O)NCCCN(C)C)CCC(=O)N(C)CC(=O)N1. The molecule has 35 heavy (non-hydrogen) atoms. The van der Waals surface area contributed by atoms with Crippen molar-refractivity contribution < 1.29 is 23.9 Å². The highest BCUT2D eigenvalue weighted by Crippen LogP contribution is 2.19. The maximum absolute atomic E-state index is 13.1. The molecule has 10 nitrogen and oxygen atoms in total. The van der Waals surface area contributed by atoms with Gasteiger partial charge in [0.25, 0.3) is 5.91 Å². The predicted molar refractivity (Wildman–Crippen MR) is 133 cm³/mol. The molecule has 0 aliphatic carbocycles. The van der Waals surface area contributed by atoms with Gasteiger partial charge in [0.2, 0.25) is 17.7 Å². The van der Waals surface area contributed by atoms with Crippen LogP contribution in [0.25, 0.3) is 0 Å². The molecule has 194 valence electrons. The Kier molecular flexibility index (Phi) is 11.0. The lowest BCUT2D eigenvalue weighted by atomic mass is 10.1. The average molecular weight is 490 g/mol. The Morgan fingerprint density at radius 1 is 1.20 bits per heavy atom. The minimum absolute atomic E-state index is 0.00556. The van der Waals surface area contributed by atoms with Crippen molar-refractivity contribution in [2.75, 3.05) is 47.4 Å². The zero-order valence-electron chi connectivity index (χ0n) is 21.4. The van der Waals surface area contributed by atoms with Crippen LogP contribution in [0.1, 0.15) is 43.5 Å². The zero-order chi connectivity index (χ0) is 26.0. The number of ether oxygens (including phenoxy) is 1. The molecule has 2 atom stereocenters. The van der Waals surface area contributed by atoms with Crippen LogP contribution < -0.4 is 20.7 Å². The van der Waals surface area contributed by atoms with Gasteiger partial charge >= 0.3 is 0 Å². The van der Waals surface area contributed by atoms with Crippen LogP contribution in [0.15, 0.2) is 24.3 Å². The number of benzene rings is 1. The second-order valence-corrected chi connectivity index (χ2v) is 9.49. The molecular weight excluding hydrogens is 450 g/mol. The summed E-state index contributed by atoms with van der Waals surface area (Å²) in [5, 5.41) is 8.54. The molecule has 1 aromatic rings. The average Bonchev–Trinajstić information content (AvgIpc) is 2.81. The van der Waals surface area contributed by atoms with Gasteiger partial charge < -0.3 is 30.5 Å². The van der Waals surface area contributed by atoms with E-state index in [-0.39, 0.29) is 61.2 Å². The Labute approximate surface area is 207 Å². The number of amides is 4. The van der Waals surface area contributed by atoms with Crippen LogP contribution in [0.3, 0.4) is 0 Å². The van der Waals surface area contributed by atoms with E-state index in [4.69, 9.17) is 4.74 Å². The molecule has 0 radical (unpaired) electrons. The fourth-order valence-electron chi connectivity index (χ4n) is 3.61. The number of nitrogens with one attached hydrogen (secondary N) is 3. The van der Waals surface area contributed by atoms with Gasteiger partial charge in [-0.2, -0.15) is 0 Å². The number of para-hydroxylation sites is 1. The molecule has 0 saturated heterocycles. The van der Waals surface area contributed by atoms with E-state index in [1.165, 1.54) is 4.90 Å². The molecule has 0 bridgehead atoms. The summed E-state index contributed by atoms with van der Waals surface area (Å²) in [4.78, 5) is 54.6. The summed E-state index contributed by atoms with van der Waals surface area (Å²) < 4.78 is 5.94. The summed E-state index contributed by atoms with van der Waals surface area (Å²) in [6.07, 6.45) is 0.864. The van der Waals surface area contributed by atoms with Crippen LogP contribution in [0.4, 0.5) is 0 Å². The van der Waals surface area contributed by atoms with Crippen molar-refractivity contribution in [1.29, 1.82) is 0 Å². The first kappa shape index (κ1) is 28.1. The predicted octanol–water partition coefficient (Wildman–Crippen LogP) is 0.625. The van der Waals surface area contributed by atoms with Crippen LogP contribution in [-0.2, 0) is 14.4 Å². The van der Waals surface area contributed by atoms with E-state index >= 15 is 0 Å². The van der Waals surface area contributed by atoms with E-state index in [1.807, 2.05) is 32.8 Å². The zero-order valence-corrected chi connectivity index (χ0v) is 21.4. The Morgan fingerprint density at radius 3 is 2.60 bits per heavy atom. The van der Waals surface area contributed by atoms with Crippen molar-refractivity contribution in [3.05, 3.63) is 29.8 Å². The third kappa shape index (κ3) is 9.20. The summed E-state index contributed by atoms with van der Waals surface area (Å²) in [7, 11) is 5.45.